The summed E-state index contributed by atoms with van der Waals surface area (Å²) in [4.78, 5) is 63.2. The molecule has 234 valence electrons. The van der Waals surface area contributed by atoms with E-state index in [9.17, 15) is 14.4 Å². The lowest BCUT2D eigenvalue weighted by Gasteiger charge is -2.19. The van der Waals surface area contributed by atoms with Crippen molar-refractivity contribution >= 4 is 53.1 Å². The molecule has 0 radical (unpaired) electrons. The number of hydrogen-bond donors (Lipinski definition) is 5. The number of anilines is 3. The average molecular weight is 609 g/mol. The molecule has 0 bridgehead atoms. The second-order valence-electron chi connectivity index (χ2n) is 9.86. The van der Waals surface area contributed by atoms with Crippen LogP contribution >= 0.6 is 0 Å². The Morgan fingerprint density at radius 1 is 1.14 bits per heavy atom. The predicted molar refractivity (Wildman–Crippen MR) is 162 cm³/mol. The minimum Gasteiger partial charge on any atom is -0.483 e. The van der Waals surface area contributed by atoms with E-state index in [1.165, 1.54) is 0 Å². The Morgan fingerprint density at radius 3 is 2.61 bits per heavy atom. The van der Waals surface area contributed by atoms with E-state index in [2.05, 4.69) is 30.6 Å². The van der Waals surface area contributed by atoms with Crippen molar-refractivity contribution in [2.45, 2.75) is 57.6 Å². The van der Waals surface area contributed by atoms with Crippen LogP contribution < -0.4 is 21.3 Å². The van der Waals surface area contributed by atoms with Crippen molar-refractivity contribution in [1.29, 1.82) is 0 Å². The molecule has 1 unspecified atom stereocenters. The molecule has 1 aliphatic rings. The number of nitrogens with two attached hydrogens (primary N) is 1. The molecule has 0 saturated heterocycles. The number of carboxylic acid groups (broad SMARTS) is 2. The van der Waals surface area contributed by atoms with Gasteiger partial charge in [0.15, 0.2) is 17.0 Å². The fraction of sp³-hybridized carbons (Fsp3) is 0.379. The lowest BCUT2D eigenvalue weighted by molar-refractivity contribution is -0.137. The second kappa shape index (κ2) is 16.9. The molecule has 0 spiro atoms. The molecule has 0 aliphatic heterocycles. The first kappa shape index (κ1) is 33.2. The van der Waals surface area contributed by atoms with Gasteiger partial charge in [-0.2, -0.15) is 9.97 Å². The zero-order chi connectivity index (χ0) is 31.9. The number of carboxylic acids is 1. The van der Waals surface area contributed by atoms with Crippen molar-refractivity contribution in [3.05, 3.63) is 53.9 Å². The fourth-order valence-corrected chi connectivity index (χ4v) is 4.36. The van der Waals surface area contributed by atoms with E-state index in [1.807, 2.05) is 24.1 Å². The summed E-state index contributed by atoms with van der Waals surface area (Å²) >= 11 is 0. The highest BCUT2D eigenvalue weighted by atomic mass is 16.6. The predicted octanol–water partition coefficient (Wildman–Crippen LogP) is 3.37. The molecular weight excluding hydrogens is 572 g/mol. The highest BCUT2D eigenvalue weighted by Gasteiger charge is 2.18. The quantitative estimate of drug-likeness (QED) is 0.127. The summed E-state index contributed by atoms with van der Waals surface area (Å²) in [6.07, 6.45) is 9.87. The molecule has 1 aromatic carbocycles. The average Bonchev–Trinajstić information content (AvgIpc) is 2.97. The third kappa shape index (κ3) is 10.5. The van der Waals surface area contributed by atoms with E-state index >= 15 is 0 Å². The highest BCUT2D eigenvalue weighted by molar-refractivity contribution is 5.95. The monoisotopic (exact) mass is 608 g/mol. The van der Waals surface area contributed by atoms with Gasteiger partial charge in [-0.25, -0.2) is 14.8 Å². The van der Waals surface area contributed by atoms with Gasteiger partial charge in [-0.15, -0.1) is 0 Å². The number of nitrogens with zero attached hydrogens (tertiary/aromatic N) is 5. The van der Waals surface area contributed by atoms with Crippen LogP contribution in [0.3, 0.4) is 0 Å². The Hall–Kier alpha value is -5.34. The number of allylic oxidation sites excluding steroid dienone is 1. The summed E-state index contributed by atoms with van der Waals surface area (Å²) in [6.45, 7) is 0.403. The third-order valence-corrected chi connectivity index (χ3v) is 6.49. The van der Waals surface area contributed by atoms with Crippen LogP contribution in [0, 0.1) is 0 Å². The number of aliphatic carboxylic acids is 1. The first-order valence-corrected chi connectivity index (χ1v) is 14.0. The maximum atomic E-state index is 12.7. The van der Waals surface area contributed by atoms with E-state index in [4.69, 9.17) is 25.5 Å². The van der Waals surface area contributed by atoms with E-state index in [0.717, 1.165) is 37.8 Å². The fourth-order valence-electron chi connectivity index (χ4n) is 4.36. The van der Waals surface area contributed by atoms with Crippen LogP contribution in [0.15, 0.2) is 42.6 Å². The molecule has 15 heteroatoms. The molecule has 2 heterocycles. The Balaban J connectivity index is 0.00000169. The maximum Gasteiger partial charge on any atom is 0.413 e. The minimum atomic E-state index is -0.896. The summed E-state index contributed by atoms with van der Waals surface area (Å²) in [6, 6.07) is 6.99. The van der Waals surface area contributed by atoms with Crippen LogP contribution in [-0.2, 0) is 20.9 Å². The zero-order valence-electron chi connectivity index (χ0n) is 24.3. The highest BCUT2D eigenvalue weighted by Crippen LogP contribution is 2.21. The third-order valence-electron chi connectivity index (χ3n) is 6.49. The molecule has 2 aromatic heterocycles. The van der Waals surface area contributed by atoms with E-state index in [-0.39, 0.29) is 54.4 Å². The topological polar surface area (TPSA) is 223 Å². The first-order chi connectivity index (χ1) is 21.2. The first-order valence-electron chi connectivity index (χ1n) is 14.0. The van der Waals surface area contributed by atoms with E-state index < -0.39 is 12.1 Å². The number of benzene rings is 1. The van der Waals surface area contributed by atoms with Gasteiger partial charge in [0.2, 0.25) is 5.95 Å². The van der Waals surface area contributed by atoms with Crippen LogP contribution in [0.1, 0.15) is 61.0 Å². The van der Waals surface area contributed by atoms with E-state index in [0.29, 0.717) is 24.2 Å². The van der Waals surface area contributed by atoms with Gasteiger partial charge in [0.1, 0.15) is 6.10 Å². The molecule has 2 amide bonds. The van der Waals surface area contributed by atoms with Gasteiger partial charge in [0, 0.05) is 31.3 Å². The van der Waals surface area contributed by atoms with Crippen LogP contribution in [0.4, 0.5) is 22.2 Å². The number of rotatable bonds is 10. The lowest BCUT2D eigenvalue weighted by atomic mass is 10.0. The van der Waals surface area contributed by atoms with Crippen LogP contribution in [0.5, 0.6) is 0 Å². The Labute approximate surface area is 253 Å². The number of aromatic nitrogens is 4. The van der Waals surface area contributed by atoms with Gasteiger partial charge >= 0.3 is 12.1 Å². The SMILES string of the molecule is CN(Cc1cnc2nc(N)nc(NC(=O)OC3/C=C/CCCCC3)c2n1)c1ccc(C(=O)NCCCC(=O)O)cc1.O=CO. The molecule has 1 atom stereocenters. The minimum absolute atomic E-state index is 0.000884. The standard InChI is InChI=1S/C28H34N8O5.CH2O2/c1-36(20-13-11-18(12-14-20)26(39)30-15-7-10-22(37)38)17-19-16-31-24-23(32-19)25(34-27(29)33-24)35-28(40)41-21-8-5-3-2-4-6-9-21;2-1-3/h5,8,11-14,16,21H,2-4,6-7,9-10,15,17H2,1H3,(H,30,39)(H,37,38)(H3,29,31,33,34,35,40);1H,(H,2,3)/b8-5+;. The van der Waals surface area contributed by atoms with Gasteiger partial charge in [-0.05, 0) is 62.4 Å². The van der Waals surface area contributed by atoms with Gasteiger partial charge in [0.05, 0.1) is 18.4 Å². The summed E-state index contributed by atoms with van der Waals surface area (Å²) in [5, 5.41) is 21.0. The Kier molecular flexibility index (Phi) is 12.8. The summed E-state index contributed by atoms with van der Waals surface area (Å²) < 4.78 is 5.59. The van der Waals surface area contributed by atoms with Gasteiger partial charge < -0.3 is 30.9 Å². The normalized spacial score (nSPS) is 15.0. The summed E-state index contributed by atoms with van der Waals surface area (Å²) in [5.41, 5.74) is 8.25. The number of nitrogen functional groups attached to an aromatic ring is 1. The molecule has 0 saturated carbocycles. The number of nitrogens with one attached hydrogen (secondary N) is 2. The smallest absolute Gasteiger partial charge is 0.413 e. The number of amides is 2. The zero-order valence-corrected chi connectivity index (χ0v) is 24.3. The number of fused-ring (bicyclic) bond motifs is 1. The van der Waals surface area contributed by atoms with Crippen LogP contribution in [0.25, 0.3) is 11.2 Å². The van der Waals surface area contributed by atoms with Crippen LogP contribution in [-0.4, -0.2) is 74.3 Å². The van der Waals surface area contributed by atoms with Gasteiger partial charge in [0.25, 0.3) is 12.4 Å². The molecule has 15 nitrogen and oxygen atoms in total. The molecule has 1 aliphatic carbocycles. The number of carbonyl (C=O) groups excluding carboxylic acids is 2. The molecule has 4 rings (SSSR count). The number of ether oxygens (including phenoxy) is 1. The summed E-state index contributed by atoms with van der Waals surface area (Å²) in [5.74, 6) is -1.10. The molecule has 6 N–H and O–H groups in total. The Morgan fingerprint density at radius 2 is 1.89 bits per heavy atom. The van der Waals surface area contributed by atoms with Crippen molar-refractivity contribution in [3.63, 3.8) is 0 Å². The van der Waals surface area contributed by atoms with Crippen molar-refractivity contribution in [1.82, 2.24) is 25.3 Å². The van der Waals surface area contributed by atoms with Crippen molar-refractivity contribution in [3.8, 4) is 0 Å². The molecule has 3 aromatic rings. The second-order valence-corrected chi connectivity index (χ2v) is 9.86. The Bertz CT molecular complexity index is 1470. The summed E-state index contributed by atoms with van der Waals surface area (Å²) in [7, 11) is 1.87. The number of carbonyl (C=O) groups is 4. The largest absolute Gasteiger partial charge is 0.483 e. The lowest BCUT2D eigenvalue weighted by Crippen LogP contribution is -2.25. The van der Waals surface area contributed by atoms with E-state index in [1.54, 1.807) is 30.5 Å². The van der Waals surface area contributed by atoms with Crippen molar-refractivity contribution in [2.75, 3.05) is 29.5 Å². The molecule has 44 heavy (non-hydrogen) atoms. The van der Waals surface area contributed by atoms with Crippen molar-refractivity contribution < 1.29 is 34.1 Å². The molecule has 0 fully saturated rings. The van der Waals surface area contributed by atoms with Gasteiger partial charge in [-0.3, -0.25) is 19.7 Å². The van der Waals surface area contributed by atoms with Crippen LogP contribution in [0.2, 0.25) is 0 Å². The molecular formula is C29H36N8O7. The van der Waals surface area contributed by atoms with Crippen molar-refractivity contribution in [2.24, 2.45) is 0 Å². The maximum absolute atomic E-state index is 12.7. The van der Waals surface area contributed by atoms with Gasteiger partial charge in [-0.1, -0.05) is 12.5 Å². The number of hydrogen-bond acceptors (Lipinski definition) is 11.